The number of nitrogens with one attached hydrogen (secondary N) is 1. The smallest absolute Gasteiger partial charge is 0.326 e. The highest BCUT2D eigenvalue weighted by Crippen LogP contribution is 2.39. The molecule has 2 aromatic rings. The van der Waals surface area contributed by atoms with Crippen LogP contribution >= 0.6 is 0 Å². The van der Waals surface area contributed by atoms with Crippen LogP contribution in [0.15, 0.2) is 42.5 Å². The van der Waals surface area contributed by atoms with Crippen LogP contribution in [-0.4, -0.2) is 18.4 Å². The Bertz CT molecular complexity index is 971. The number of hydrogen-bond donors (Lipinski definition) is 1. The Hall–Kier alpha value is -2.83. The quantitative estimate of drug-likeness (QED) is 0.795. The van der Waals surface area contributed by atoms with Crippen LogP contribution in [0.2, 0.25) is 0 Å². The van der Waals surface area contributed by atoms with Crippen molar-refractivity contribution in [3.8, 4) is 0 Å². The van der Waals surface area contributed by atoms with E-state index in [2.05, 4.69) is 5.32 Å². The Morgan fingerprint density at radius 3 is 2.59 bits per heavy atom. The molecule has 0 saturated heterocycles. The minimum atomic E-state index is -4.41. The molecule has 1 heterocycles. The van der Waals surface area contributed by atoms with Crippen LogP contribution in [-0.2, 0) is 17.4 Å². The van der Waals surface area contributed by atoms with Crippen LogP contribution in [0.25, 0.3) is 0 Å². The molecule has 2 aliphatic rings. The molecule has 0 aromatic heterocycles. The van der Waals surface area contributed by atoms with Crippen molar-refractivity contribution in [2.24, 2.45) is 11.8 Å². The van der Waals surface area contributed by atoms with Gasteiger partial charge in [0.1, 0.15) is 0 Å². The van der Waals surface area contributed by atoms with Gasteiger partial charge in [-0.05, 0) is 67.1 Å². The van der Waals surface area contributed by atoms with Crippen LogP contribution < -0.4 is 10.2 Å². The van der Waals surface area contributed by atoms with Gasteiger partial charge in [-0.3, -0.25) is 9.59 Å². The molecule has 29 heavy (non-hydrogen) atoms. The summed E-state index contributed by atoms with van der Waals surface area (Å²) in [5.74, 6) is 0.0594. The van der Waals surface area contributed by atoms with Gasteiger partial charge >= 0.3 is 6.18 Å². The molecule has 1 N–H and O–H groups in total. The molecule has 0 bridgehead atoms. The number of anilines is 2. The minimum absolute atomic E-state index is 0.0196. The van der Waals surface area contributed by atoms with Crippen LogP contribution in [0, 0.1) is 11.8 Å². The number of carbonyl (C=O) groups excluding carboxylic acids is 2. The third-order valence-electron chi connectivity index (χ3n) is 5.59. The van der Waals surface area contributed by atoms with Gasteiger partial charge in [-0.1, -0.05) is 13.0 Å². The molecule has 1 saturated carbocycles. The Morgan fingerprint density at radius 1 is 1.14 bits per heavy atom. The number of carbonyl (C=O) groups is 2. The van der Waals surface area contributed by atoms with E-state index < -0.39 is 11.7 Å². The van der Waals surface area contributed by atoms with E-state index in [1.807, 2.05) is 6.92 Å². The lowest BCUT2D eigenvalue weighted by atomic mass is 9.98. The first-order valence-electron chi connectivity index (χ1n) is 9.67. The maximum atomic E-state index is 13.1. The summed E-state index contributed by atoms with van der Waals surface area (Å²) in [4.78, 5) is 26.7. The summed E-state index contributed by atoms with van der Waals surface area (Å²) in [6.07, 6.45) is -2.45. The maximum Gasteiger partial charge on any atom is 0.416 e. The fourth-order valence-electron chi connectivity index (χ4n) is 3.79. The molecule has 7 heteroatoms. The standard InChI is InChI=1S/C22H21F3N2O2/c1-13-10-18(13)20(28)26-17-6-2-4-15(12-17)21(29)27-9-3-5-14-11-16(22(23,24)25)7-8-19(14)27/h2,4,6-8,11-13,18H,3,5,9-10H2,1H3,(H,26,28). The predicted octanol–water partition coefficient (Wildman–Crippen LogP) is 4.89. The van der Waals surface area contributed by atoms with Crippen LogP contribution in [0.3, 0.4) is 0 Å². The second-order valence-electron chi connectivity index (χ2n) is 7.79. The van der Waals surface area contributed by atoms with E-state index in [4.69, 9.17) is 0 Å². The van der Waals surface area contributed by atoms with Crippen LogP contribution in [0.5, 0.6) is 0 Å². The van der Waals surface area contributed by atoms with Crippen LogP contribution in [0.1, 0.15) is 41.3 Å². The Labute approximate surface area is 166 Å². The molecule has 4 nitrogen and oxygen atoms in total. The van der Waals surface area contributed by atoms with Gasteiger partial charge in [-0.2, -0.15) is 13.2 Å². The second kappa shape index (κ2) is 7.21. The third-order valence-corrected chi connectivity index (χ3v) is 5.59. The number of fused-ring (bicyclic) bond motifs is 1. The van der Waals surface area contributed by atoms with E-state index in [-0.39, 0.29) is 17.7 Å². The topological polar surface area (TPSA) is 49.4 Å². The molecular weight excluding hydrogens is 381 g/mol. The lowest BCUT2D eigenvalue weighted by Crippen LogP contribution is -2.35. The summed E-state index contributed by atoms with van der Waals surface area (Å²) >= 11 is 0. The number of alkyl halides is 3. The van der Waals surface area contributed by atoms with Crippen molar-refractivity contribution in [1.29, 1.82) is 0 Å². The summed E-state index contributed by atoms with van der Waals surface area (Å²) < 4.78 is 39.0. The van der Waals surface area contributed by atoms with Crippen molar-refractivity contribution in [3.63, 3.8) is 0 Å². The average molecular weight is 402 g/mol. The molecule has 0 radical (unpaired) electrons. The van der Waals surface area contributed by atoms with Gasteiger partial charge in [0.05, 0.1) is 5.56 Å². The molecule has 2 atom stereocenters. The Balaban J connectivity index is 1.56. The highest BCUT2D eigenvalue weighted by atomic mass is 19.4. The maximum absolute atomic E-state index is 13.1. The number of amides is 2. The van der Waals surface area contributed by atoms with E-state index in [1.165, 1.54) is 11.0 Å². The largest absolute Gasteiger partial charge is 0.416 e. The lowest BCUT2D eigenvalue weighted by Gasteiger charge is -2.30. The molecular formula is C22H21F3N2O2. The van der Waals surface area contributed by atoms with Gasteiger partial charge in [-0.25, -0.2) is 0 Å². The molecule has 2 unspecified atom stereocenters. The monoisotopic (exact) mass is 402 g/mol. The van der Waals surface area contributed by atoms with Gasteiger partial charge in [-0.15, -0.1) is 0 Å². The summed E-state index contributed by atoms with van der Waals surface area (Å²) in [5, 5.41) is 2.84. The lowest BCUT2D eigenvalue weighted by molar-refractivity contribution is -0.137. The number of aryl methyl sites for hydroxylation is 1. The Morgan fingerprint density at radius 2 is 1.90 bits per heavy atom. The van der Waals surface area contributed by atoms with Gasteiger partial charge in [0.2, 0.25) is 5.91 Å². The van der Waals surface area contributed by atoms with Gasteiger partial charge in [0.15, 0.2) is 0 Å². The molecule has 2 amide bonds. The number of halogens is 3. The first kappa shape index (κ1) is 19.5. The average Bonchev–Trinajstić information content (AvgIpc) is 3.43. The van der Waals surface area contributed by atoms with Crippen molar-refractivity contribution in [2.45, 2.75) is 32.4 Å². The second-order valence-corrected chi connectivity index (χ2v) is 7.79. The fraction of sp³-hybridized carbons (Fsp3) is 0.364. The molecule has 1 fully saturated rings. The van der Waals surface area contributed by atoms with Crippen LogP contribution in [0.4, 0.5) is 24.5 Å². The zero-order chi connectivity index (χ0) is 20.8. The van der Waals surface area contributed by atoms with Gasteiger partial charge in [0, 0.05) is 29.4 Å². The highest BCUT2D eigenvalue weighted by Gasteiger charge is 2.39. The molecule has 152 valence electrons. The summed E-state index contributed by atoms with van der Waals surface area (Å²) in [7, 11) is 0. The molecule has 0 spiro atoms. The van der Waals surface area contributed by atoms with Crippen molar-refractivity contribution >= 4 is 23.2 Å². The third kappa shape index (κ3) is 3.99. The normalized spacial score (nSPS) is 20.8. The molecule has 2 aromatic carbocycles. The van der Waals surface area contributed by atoms with E-state index in [1.54, 1.807) is 24.3 Å². The molecule has 1 aliphatic carbocycles. The van der Waals surface area contributed by atoms with Gasteiger partial charge in [0.25, 0.3) is 5.91 Å². The number of hydrogen-bond acceptors (Lipinski definition) is 2. The Kier molecular flexibility index (Phi) is 4.84. The van der Waals surface area contributed by atoms with Crippen molar-refractivity contribution < 1.29 is 22.8 Å². The predicted molar refractivity (Wildman–Crippen MR) is 104 cm³/mol. The van der Waals surface area contributed by atoms with Crippen molar-refractivity contribution in [2.75, 3.05) is 16.8 Å². The fourth-order valence-corrected chi connectivity index (χ4v) is 3.79. The first-order valence-corrected chi connectivity index (χ1v) is 9.67. The van der Waals surface area contributed by atoms with E-state index >= 15 is 0 Å². The SMILES string of the molecule is CC1CC1C(=O)Nc1cccc(C(=O)N2CCCc3cc(C(F)(F)F)ccc32)c1. The van der Waals surface area contributed by atoms with Crippen molar-refractivity contribution in [3.05, 3.63) is 59.2 Å². The molecule has 4 rings (SSSR count). The van der Waals surface area contributed by atoms with E-state index in [9.17, 15) is 22.8 Å². The summed E-state index contributed by atoms with van der Waals surface area (Å²) in [6.45, 7) is 2.45. The first-order chi connectivity index (χ1) is 13.7. The number of benzene rings is 2. The van der Waals surface area contributed by atoms with Gasteiger partial charge < -0.3 is 10.2 Å². The zero-order valence-electron chi connectivity index (χ0n) is 15.9. The summed E-state index contributed by atoms with van der Waals surface area (Å²) in [5.41, 5.74) is 1.26. The summed E-state index contributed by atoms with van der Waals surface area (Å²) in [6, 6.07) is 10.2. The van der Waals surface area contributed by atoms with Crippen molar-refractivity contribution in [1.82, 2.24) is 0 Å². The van der Waals surface area contributed by atoms with E-state index in [0.29, 0.717) is 47.8 Å². The zero-order valence-corrected chi connectivity index (χ0v) is 15.9. The number of rotatable bonds is 3. The highest BCUT2D eigenvalue weighted by molar-refractivity contribution is 6.07. The minimum Gasteiger partial charge on any atom is -0.326 e. The van der Waals surface area contributed by atoms with E-state index in [0.717, 1.165) is 18.6 Å². The molecule has 1 aliphatic heterocycles. The number of nitrogens with zero attached hydrogens (tertiary/aromatic N) is 1.